The molecule has 56 heavy (non-hydrogen) atoms. The van der Waals surface area contributed by atoms with Crippen LogP contribution >= 0.6 is 0 Å². The highest BCUT2D eigenvalue weighted by atomic mass is 16.7. The van der Waals surface area contributed by atoms with Crippen molar-refractivity contribution in [3.63, 3.8) is 0 Å². The predicted molar refractivity (Wildman–Crippen MR) is 220 cm³/mol. The summed E-state index contributed by atoms with van der Waals surface area (Å²) >= 11 is 0. The zero-order chi connectivity index (χ0) is 41.1. The number of allylic oxidation sites excluding steroid dienone is 4. The third kappa shape index (κ3) is 27.3. The van der Waals surface area contributed by atoms with Crippen LogP contribution in [-0.2, 0) is 33.3 Å². The van der Waals surface area contributed by atoms with Gasteiger partial charge in [-0.05, 0) is 64.2 Å². The number of aliphatic hydroxyl groups excluding tert-OH is 3. The van der Waals surface area contributed by atoms with E-state index in [1.807, 2.05) is 0 Å². The van der Waals surface area contributed by atoms with E-state index in [-0.39, 0.29) is 19.4 Å². The summed E-state index contributed by atoms with van der Waals surface area (Å²) in [6.07, 6.45) is 29.4. The third-order valence-corrected chi connectivity index (χ3v) is 10.3. The minimum atomic E-state index is -1.86. The van der Waals surface area contributed by atoms with Crippen molar-refractivity contribution in [2.24, 2.45) is 0 Å². The van der Waals surface area contributed by atoms with Gasteiger partial charge in [0.15, 0.2) is 18.5 Å². The molecule has 0 radical (unpaired) electrons. The van der Waals surface area contributed by atoms with Crippen LogP contribution in [0.1, 0.15) is 194 Å². The van der Waals surface area contributed by atoms with Gasteiger partial charge in [-0.1, -0.05) is 141 Å². The second kappa shape index (κ2) is 35.8. The first-order valence-electron chi connectivity index (χ1n) is 22.4. The van der Waals surface area contributed by atoms with Crippen molar-refractivity contribution < 1.29 is 53.8 Å². The highest BCUT2D eigenvalue weighted by molar-refractivity contribution is 5.73. The van der Waals surface area contributed by atoms with Crippen molar-refractivity contribution in [1.82, 2.24) is 0 Å². The summed E-state index contributed by atoms with van der Waals surface area (Å²) in [4.78, 5) is 36.8. The second-order valence-corrected chi connectivity index (χ2v) is 15.5. The minimum absolute atomic E-state index is 0.173. The van der Waals surface area contributed by atoms with Gasteiger partial charge in [-0.15, -0.1) is 0 Å². The number of aliphatic hydroxyl groups is 3. The highest BCUT2D eigenvalue weighted by Crippen LogP contribution is 2.23. The molecule has 6 unspecified atom stereocenters. The van der Waals surface area contributed by atoms with Crippen LogP contribution < -0.4 is 0 Å². The Labute approximate surface area is 339 Å². The predicted octanol–water partition coefficient (Wildman–Crippen LogP) is 9.43. The molecule has 1 heterocycles. The van der Waals surface area contributed by atoms with Gasteiger partial charge in [0.05, 0.1) is 6.61 Å². The van der Waals surface area contributed by atoms with E-state index < -0.39 is 61.3 Å². The number of carbonyl (C=O) groups is 3. The summed E-state index contributed by atoms with van der Waals surface area (Å²) in [6, 6.07) is 0. The molecule has 1 aliphatic rings. The minimum Gasteiger partial charge on any atom is -0.479 e. The summed E-state index contributed by atoms with van der Waals surface area (Å²) in [5, 5.41) is 39.8. The normalized spacial score (nSPS) is 20.5. The first-order chi connectivity index (χ1) is 27.2. The fourth-order valence-corrected chi connectivity index (χ4v) is 6.69. The molecule has 326 valence electrons. The number of carboxylic acid groups (broad SMARTS) is 1. The number of aliphatic carboxylic acids is 1. The van der Waals surface area contributed by atoms with Gasteiger partial charge < -0.3 is 39.4 Å². The molecular weight excluding hydrogens is 716 g/mol. The summed E-state index contributed by atoms with van der Waals surface area (Å²) in [7, 11) is 0. The Hall–Kier alpha value is -2.31. The molecule has 0 aliphatic carbocycles. The van der Waals surface area contributed by atoms with E-state index in [0.717, 1.165) is 77.0 Å². The van der Waals surface area contributed by atoms with Gasteiger partial charge in [0.1, 0.15) is 24.9 Å². The lowest BCUT2D eigenvalue weighted by Gasteiger charge is -2.38. The van der Waals surface area contributed by atoms with E-state index in [0.29, 0.717) is 12.8 Å². The van der Waals surface area contributed by atoms with Gasteiger partial charge in [-0.25, -0.2) is 4.79 Å². The van der Waals surface area contributed by atoms with E-state index in [4.69, 9.17) is 18.9 Å². The van der Waals surface area contributed by atoms with Crippen LogP contribution in [0.4, 0.5) is 0 Å². The molecule has 1 fully saturated rings. The molecule has 0 aromatic heterocycles. The molecular formula is C45H80O11. The Morgan fingerprint density at radius 2 is 0.946 bits per heavy atom. The molecule has 11 nitrogen and oxygen atoms in total. The summed E-state index contributed by atoms with van der Waals surface area (Å²) in [5.41, 5.74) is 0. The number of hydrogen-bond donors (Lipinski definition) is 4. The number of carbonyl (C=O) groups excluding carboxylic acids is 2. The number of rotatable bonds is 37. The summed E-state index contributed by atoms with van der Waals surface area (Å²) < 4.78 is 21.7. The van der Waals surface area contributed by atoms with Gasteiger partial charge in [-0.2, -0.15) is 0 Å². The SMILES string of the molecule is CCCCCCCC/C=C\CCCCCCCC(=O)OCC(COC1OC(C(=O)O)C(O)C(O)C1O)OC(=O)CCCCCCC/C=C\CCCCCCCC. The van der Waals surface area contributed by atoms with E-state index in [1.54, 1.807) is 0 Å². The van der Waals surface area contributed by atoms with Gasteiger partial charge in [0, 0.05) is 12.8 Å². The van der Waals surface area contributed by atoms with Crippen molar-refractivity contribution in [2.45, 2.75) is 230 Å². The first kappa shape index (κ1) is 51.7. The molecule has 0 aromatic carbocycles. The Bertz CT molecular complexity index is 1030. The molecule has 0 aromatic rings. The largest absolute Gasteiger partial charge is 0.479 e. The topological polar surface area (TPSA) is 169 Å². The average molecular weight is 797 g/mol. The molecule has 0 spiro atoms. The lowest BCUT2D eigenvalue weighted by Crippen LogP contribution is -2.60. The number of ether oxygens (including phenoxy) is 4. The quantitative estimate of drug-likeness (QED) is 0.0268. The fourth-order valence-electron chi connectivity index (χ4n) is 6.69. The van der Waals surface area contributed by atoms with Crippen molar-refractivity contribution in [2.75, 3.05) is 13.2 Å². The Balaban J connectivity index is 2.39. The van der Waals surface area contributed by atoms with Crippen LogP contribution in [0.15, 0.2) is 24.3 Å². The second-order valence-electron chi connectivity index (χ2n) is 15.5. The molecule has 0 amide bonds. The van der Waals surface area contributed by atoms with Crippen LogP contribution in [-0.4, -0.2) is 88.4 Å². The van der Waals surface area contributed by atoms with E-state index in [1.165, 1.54) is 77.0 Å². The van der Waals surface area contributed by atoms with Crippen LogP contribution in [0.25, 0.3) is 0 Å². The van der Waals surface area contributed by atoms with E-state index >= 15 is 0 Å². The zero-order valence-corrected chi connectivity index (χ0v) is 35.1. The summed E-state index contributed by atoms with van der Waals surface area (Å²) in [6.45, 7) is 3.79. The third-order valence-electron chi connectivity index (χ3n) is 10.3. The van der Waals surface area contributed by atoms with Crippen LogP contribution in [0.2, 0.25) is 0 Å². The number of carboxylic acids is 1. The van der Waals surface area contributed by atoms with Crippen molar-refractivity contribution >= 4 is 17.9 Å². The van der Waals surface area contributed by atoms with Crippen LogP contribution in [0, 0.1) is 0 Å². The van der Waals surface area contributed by atoms with Crippen molar-refractivity contribution in [3.05, 3.63) is 24.3 Å². The molecule has 11 heteroatoms. The Morgan fingerprint density at radius 1 is 0.536 bits per heavy atom. The molecule has 0 bridgehead atoms. The van der Waals surface area contributed by atoms with Gasteiger partial charge in [0.2, 0.25) is 0 Å². The average Bonchev–Trinajstić information content (AvgIpc) is 3.18. The smallest absolute Gasteiger partial charge is 0.335 e. The lowest BCUT2D eigenvalue weighted by molar-refractivity contribution is -0.298. The van der Waals surface area contributed by atoms with E-state index in [2.05, 4.69) is 38.2 Å². The van der Waals surface area contributed by atoms with Gasteiger partial charge in [0.25, 0.3) is 0 Å². The van der Waals surface area contributed by atoms with Gasteiger partial charge >= 0.3 is 17.9 Å². The molecule has 1 saturated heterocycles. The Morgan fingerprint density at radius 3 is 1.39 bits per heavy atom. The highest BCUT2D eigenvalue weighted by Gasteiger charge is 2.47. The van der Waals surface area contributed by atoms with Gasteiger partial charge in [-0.3, -0.25) is 9.59 Å². The molecule has 1 rings (SSSR count). The fraction of sp³-hybridized carbons (Fsp3) is 0.844. The number of hydrogen-bond acceptors (Lipinski definition) is 10. The van der Waals surface area contributed by atoms with Crippen molar-refractivity contribution in [3.8, 4) is 0 Å². The maximum absolute atomic E-state index is 12.7. The van der Waals surface area contributed by atoms with Crippen LogP contribution in [0.5, 0.6) is 0 Å². The molecule has 1 aliphatic heterocycles. The lowest BCUT2D eigenvalue weighted by atomic mass is 9.99. The summed E-state index contributed by atoms with van der Waals surface area (Å²) in [5.74, 6) is -2.46. The molecule has 4 N–H and O–H groups in total. The standard InChI is InChI=1S/C45H80O11/c1-3-5-7-9-11-13-15-17-19-21-23-25-27-29-31-33-38(46)53-35-37(36-54-45-42(50)40(48)41(49)43(56-45)44(51)52)55-39(47)34-32-30-28-26-24-22-20-18-16-14-12-10-8-6-4-2/h17-20,37,40-43,45,48-50H,3-16,21-36H2,1-2H3,(H,51,52)/b19-17-,20-18-. The first-order valence-corrected chi connectivity index (χ1v) is 22.4. The van der Waals surface area contributed by atoms with Crippen molar-refractivity contribution in [1.29, 1.82) is 0 Å². The maximum atomic E-state index is 12.7. The van der Waals surface area contributed by atoms with Crippen LogP contribution in [0.3, 0.4) is 0 Å². The maximum Gasteiger partial charge on any atom is 0.335 e. The Kier molecular flexibility index (Phi) is 33.1. The van der Waals surface area contributed by atoms with E-state index in [9.17, 15) is 34.8 Å². The molecule has 6 atom stereocenters. The molecule has 0 saturated carbocycles. The monoisotopic (exact) mass is 797 g/mol. The number of esters is 2. The number of unbranched alkanes of at least 4 members (excludes halogenated alkanes) is 22. The zero-order valence-electron chi connectivity index (χ0n) is 35.1.